The smallest absolute Gasteiger partial charge is 0.275 e. The fraction of sp³-hybridized carbons (Fsp3) is 0.103. The lowest BCUT2D eigenvalue weighted by molar-refractivity contribution is 0.0950. The molecule has 0 spiro atoms. The molecule has 6 nitrogen and oxygen atoms in total. The molecule has 0 aliphatic rings. The van der Waals surface area contributed by atoms with Gasteiger partial charge in [-0.2, -0.15) is 5.10 Å². The topological polar surface area (TPSA) is 69.2 Å². The number of hydrogen-bond donors (Lipinski definition) is 1. The van der Waals surface area contributed by atoms with E-state index in [1.165, 1.54) is 0 Å². The summed E-state index contributed by atoms with van der Waals surface area (Å²) in [6.07, 6.45) is 1.55. The Morgan fingerprint density at radius 1 is 0.806 bits per heavy atom. The second-order valence-corrected chi connectivity index (χ2v) is 8.71. The summed E-state index contributed by atoms with van der Waals surface area (Å²) in [6, 6.07) is 30.4. The fourth-order valence-corrected chi connectivity index (χ4v) is 3.75. The van der Waals surface area contributed by atoms with Crippen molar-refractivity contribution in [2.45, 2.75) is 13.2 Å². The molecule has 0 saturated heterocycles. The number of nitrogens with zero attached hydrogens (tertiary/aromatic N) is 1. The van der Waals surface area contributed by atoms with Crippen molar-refractivity contribution in [2.75, 3.05) is 7.11 Å². The number of benzene rings is 4. The Morgan fingerprint density at radius 2 is 1.42 bits per heavy atom. The van der Waals surface area contributed by atoms with E-state index in [1.807, 2.05) is 78.9 Å². The van der Waals surface area contributed by atoms with Crippen LogP contribution in [0.3, 0.4) is 0 Å². The molecule has 0 aromatic heterocycles. The highest BCUT2D eigenvalue weighted by Crippen LogP contribution is 2.28. The average Bonchev–Trinajstić information content (AvgIpc) is 2.92. The predicted molar refractivity (Wildman–Crippen MR) is 144 cm³/mol. The highest BCUT2D eigenvalue weighted by atomic mass is 79.9. The van der Waals surface area contributed by atoms with E-state index in [2.05, 4.69) is 26.5 Å². The van der Waals surface area contributed by atoms with Gasteiger partial charge in [0.2, 0.25) is 0 Å². The lowest BCUT2D eigenvalue weighted by Gasteiger charge is -2.12. The van der Waals surface area contributed by atoms with Crippen LogP contribution in [0.2, 0.25) is 0 Å². The molecule has 0 fully saturated rings. The van der Waals surface area contributed by atoms with Crippen molar-refractivity contribution in [1.82, 2.24) is 5.43 Å². The number of rotatable bonds is 10. The van der Waals surface area contributed by atoms with E-state index in [4.69, 9.17) is 14.2 Å². The van der Waals surface area contributed by atoms with E-state index < -0.39 is 0 Å². The second-order valence-electron chi connectivity index (χ2n) is 7.80. The Bertz CT molecular complexity index is 1330. The van der Waals surface area contributed by atoms with Gasteiger partial charge in [-0.15, -0.1) is 0 Å². The summed E-state index contributed by atoms with van der Waals surface area (Å²) in [4.78, 5) is 12.8. The van der Waals surface area contributed by atoms with Crippen LogP contribution < -0.4 is 19.6 Å². The molecule has 36 heavy (non-hydrogen) atoms. The molecular weight excluding hydrogens is 520 g/mol. The van der Waals surface area contributed by atoms with Gasteiger partial charge in [0.25, 0.3) is 5.91 Å². The van der Waals surface area contributed by atoms with E-state index in [1.54, 1.807) is 31.5 Å². The molecule has 0 aliphatic carbocycles. The van der Waals surface area contributed by atoms with Crippen molar-refractivity contribution in [3.63, 3.8) is 0 Å². The third-order valence-electron chi connectivity index (χ3n) is 5.23. The van der Waals surface area contributed by atoms with Gasteiger partial charge in [0, 0.05) is 4.47 Å². The van der Waals surface area contributed by atoms with Gasteiger partial charge in [-0.3, -0.25) is 4.79 Å². The lowest BCUT2D eigenvalue weighted by atomic mass is 10.2. The SMILES string of the molecule is COc1cc(/C=N/NC(=O)c2cc(Br)ccc2OCc2ccccc2)ccc1OCc1ccccc1. The molecule has 0 aliphatic heterocycles. The van der Waals surface area contributed by atoms with Crippen LogP contribution in [0.5, 0.6) is 17.2 Å². The third kappa shape index (κ3) is 6.96. The number of carbonyl (C=O) groups excluding carboxylic acids is 1. The fourth-order valence-electron chi connectivity index (χ4n) is 3.39. The van der Waals surface area contributed by atoms with Crippen LogP contribution in [0.1, 0.15) is 27.0 Å². The monoisotopic (exact) mass is 544 g/mol. The summed E-state index contributed by atoms with van der Waals surface area (Å²) >= 11 is 3.42. The Morgan fingerprint density at radius 3 is 2.06 bits per heavy atom. The maximum absolute atomic E-state index is 12.8. The first-order chi connectivity index (χ1) is 17.6. The molecule has 0 heterocycles. The normalized spacial score (nSPS) is 10.7. The van der Waals surface area contributed by atoms with Gasteiger partial charge < -0.3 is 14.2 Å². The van der Waals surface area contributed by atoms with Crippen LogP contribution in [-0.4, -0.2) is 19.2 Å². The highest BCUT2D eigenvalue weighted by Gasteiger charge is 2.13. The first-order valence-electron chi connectivity index (χ1n) is 11.3. The molecule has 1 amide bonds. The van der Waals surface area contributed by atoms with Crippen LogP contribution in [0.4, 0.5) is 0 Å². The van der Waals surface area contributed by atoms with E-state index in [0.717, 1.165) is 21.2 Å². The van der Waals surface area contributed by atoms with Gasteiger partial charge in [0.05, 0.1) is 18.9 Å². The third-order valence-corrected chi connectivity index (χ3v) is 5.72. The van der Waals surface area contributed by atoms with E-state index in [9.17, 15) is 4.79 Å². The minimum atomic E-state index is -0.384. The molecule has 0 unspecified atom stereocenters. The van der Waals surface area contributed by atoms with Crippen LogP contribution >= 0.6 is 15.9 Å². The van der Waals surface area contributed by atoms with Crippen molar-refractivity contribution in [3.05, 3.63) is 124 Å². The summed E-state index contributed by atoms with van der Waals surface area (Å²) < 4.78 is 18.0. The second kappa shape index (κ2) is 12.6. The number of halogens is 1. The molecule has 0 radical (unpaired) electrons. The first-order valence-corrected chi connectivity index (χ1v) is 12.1. The van der Waals surface area contributed by atoms with Crippen molar-refractivity contribution in [3.8, 4) is 17.2 Å². The molecule has 4 aromatic rings. The van der Waals surface area contributed by atoms with Crippen LogP contribution in [0.15, 0.2) is 107 Å². The average molecular weight is 545 g/mol. The summed E-state index contributed by atoms with van der Waals surface area (Å²) in [5, 5.41) is 4.11. The molecule has 182 valence electrons. The number of carbonyl (C=O) groups is 1. The number of nitrogens with one attached hydrogen (secondary N) is 1. The standard InChI is InChI=1S/C29H25BrN2O4/c1-34-28-16-23(12-14-27(28)36-20-22-10-6-3-7-11-22)18-31-32-29(33)25-17-24(30)13-15-26(25)35-19-21-8-4-2-5-9-21/h2-18H,19-20H2,1H3,(H,32,33)/b31-18+. The maximum atomic E-state index is 12.8. The summed E-state index contributed by atoms with van der Waals surface area (Å²) in [5.74, 6) is 1.28. The van der Waals surface area contributed by atoms with Crippen LogP contribution in [-0.2, 0) is 13.2 Å². The zero-order valence-corrected chi connectivity index (χ0v) is 21.3. The van der Waals surface area contributed by atoms with Gasteiger partial charge in [-0.05, 0) is 53.1 Å². The molecule has 4 aromatic carbocycles. The van der Waals surface area contributed by atoms with E-state index in [-0.39, 0.29) is 5.91 Å². The van der Waals surface area contributed by atoms with Gasteiger partial charge in [-0.1, -0.05) is 76.6 Å². The van der Waals surface area contributed by atoms with Crippen molar-refractivity contribution in [2.24, 2.45) is 5.10 Å². The molecule has 4 rings (SSSR count). The van der Waals surface area contributed by atoms with Crippen LogP contribution in [0, 0.1) is 0 Å². The Balaban J connectivity index is 1.39. The lowest BCUT2D eigenvalue weighted by Crippen LogP contribution is -2.19. The quantitative estimate of drug-likeness (QED) is 0.186. The Labute approximate surface area is 218 Å². The predicted octanol–water partition coefficient (Wildman–Crippen LogP) is 6.38. The maximum Gasteiger partial charge on any atom is 0.275 e. The first kappa shape index (κ1) is 25.0. The Kier molecular flexibility index (Phi) is 8.72. The Hall–Kier alpha value is -4.10. The summed E-state index contributed by atoms with van der Waals surface area (Å²) in [6.45, 7) is 0.784. The number of methoxy groups -OCH3 is 1. The summed E-state index contributed by atoms with van der Waals surface area (Å²) in [5.41, 5.74) is 5.76. The number of hydrogen-bond acceptors (Lipinski definition) is 5. The zero-order valence-electron chi connectivity index (χ0n) is 19.7. The zero-order chi connectivity index (χ0) is 25.2. The minimum Gasteiger partial charge on any atom is -0.493 e. The van der Waals surface area contributed by atoms with Crippen LogP contribution in [0.25, 0.3) is 0 Å². The minimum absolute atomic E-state index is 0.352. The van der Waals surface area contributed by atoms with Crippen molar-refractivity contribution >= 4 is 28.1 Å². The number of amides is 1. The van der Waals surface area contributed by atoms with E-state index in [0.29, 0.717) is 36.0 Å². The summed E-state index contributed by atoms with van der Waals surface area (Å²) in [7, 11) is 1.58. The number of hydrazone groups is 1. The van der Waals surface area contributed by atoms with E-state index >= 15 is 0 Å². The van der Waals surface area contributed by atoms with Gasteiger partial charge in [0.1, 0.15) is 19.0 Å². The molecule has 7 heteroatoms. The molecule has 0 atom stereocenters. The van der Waals surface area contributed by atoms with Gasteiger partial charge >= 0.3 is 0 Å². The molecule has 1 N–H and O–H groups in total. The van der Waals surface area contributed by atoms with Gasteiger partial charge in [-0.25, -0.2) is 5.43 Å². The molecular formula is C29H25BrN2O4. The molecule has 0 bridgehead atoms. The largest absolute Gasteiger partial charge is 0.493 e. The highest BCUT2D eigenvalue weighted by molar-refractivity contribution is 9.10. The number of ether oxygens (including phenoxy) is 3. The van der Waals surface area contributed by atoms with Crippen molar-refractivity contribution < 1.29 is 19.0 Å². The van der Waals surface area contributed by atoms with Crippen molar-refractivity contribution in [1.29, 1.82) is 0 Å². The van der Waals surface area contributed by atoms with Gasteiger partial charge in [0.15, 0.2) is 11.5 Å². The molecule has 0 saturated carbocycles.